The van der Waals surface area contributed by atoms with Gasteiger partial charge in [0, 0.05) is 29.8 Å². The number of furan rings is 1. The van der Waals surface area contributed by atoms with Gasteiger partial charge in [-0.3, -0.25) is 9.59 Å². The second-order valence-electron chi connectivity index (χ2n) is 9.61. The second-order valence-corrected chi connectivity index (χ2v) is 9.61. The standard InChI is InChI=1S/C29H33N5O4/c1-4-12-34(13-5-2)27(36)22-16-20(24-23(25(30)35)11-14-37-24)15-21(17-22)26-32-33-28(38-26)29(3,31)18-19-9-7-6-8-10-19/h6-11,14-17H,4-5,12-13,18,31H2,1-3H3,(H2,30,35). The summed E-state index contributed by atoms with van der Waals surface area (Å²) in [5.74, 6) is -0.0465. The van der Waals surface area contributed by atoms with Crippen molar-refractivity contribution in [1.29, 1.82) is 0 Å². The number of carbonyl (C=O) groups is 2. The van der Waals surface area contributed by atoms with Gasteiger partial charge in [-0.2, -0.15) is 0 Å². The van der Waals surface area contributed by atoms with Gasteiger partial charge in [-0.05, 0) is 56.0 Å². The van der Waals surface area contributed by atoms with Crippen molar-refractivity contribution >= 4 is 11.8 Å². The Morgan fingerprint density at radius 1 is 0.974 bits per heavy atom. The minimum Gasteiger partial charge on any atom is -0.464 e. The quantitative estimate of drug-likeness (QED) is 0.293. The lowest BCUT2D eigenvalue weighted by molar-refractivity contribution is 0.0755. The van der Waals surface area contributed by atoms with Crippen LogP contribution in [0.25, 0.3) is 22.8 Å². The van der Waals surface area contributed by atoms with Crippen LogP contribution in [-0.2, 0) is 12.0 Å². The highest BCUT2D eigenvalue weighted by molar-refractivity contribution is 6.00. The van der Waals surface area contributed by atoms with Gasteiger partial charge < -0.3 is 25.2 Å². The zero-order valence-corrected chi connectivity index (χ0v) is 21.9. The molecule has 0 bridgehead atoms. The van der Waals surface area contributed by atoms with Crippen molar-refractivity contribution < 1.29 is 18.4 Å². The van der Waals surface area contributed by atoms with Crippen molar-refractivity contribution in [3.05, 3.63) is 83.4 Å². The molecule has 1 unspecified atom stereocenters. The van der Waals surface area contributed by atoms with Crippen LogP contribution >= 0.6 is 0 Å². The Bertz CT molecular complexity index is 1400. The number of aromatic nitrogens is 2. The van der Waals surface area contributed by atoms with Crippen molar-refractivity contribution in [3.8, 4) is 22.8 Å². The molecule has 4 aromatic rings. The third kappa shape index (κ3) is 5.84. The van der Waals surface area contributed by atoms with E-state index in [1.54, 1.807) is 23.1 Å². The molecule has 0 saturated heterocycles. The lowest BCUT2D eigenvalue weighted by Crippen LogP contribution is -2.35. The van der Waals surface area contributed by atoms with Gasteiger partial charge in [0.25, 0.3) is 11.8 Å². The number of hydrogen-bond donors (Lipinski definition) is 2. The maximum atomic E-state index is 13.5. The van der Waals surface area contributed by atoms with E-state index in [1.165, 1.54) is 12.3 Å². The Balaban J connectivity index is 1.77. The van der Waals surface area contributed by atoms with E-state index < -0.39 is 11.4 Å². The molecule has 4 N–H and O–H groups in total. The fourth-order valence-corrected chi connectivity index (χ4v) is 4.44. The summed E-state index contributed by atoms with van der Waals surface area (Å²) >= 11 is 0. The zero-order chi connectivity index (χ0) is 27.3. The van der Waals surface area contributed by atoms with Crippen molar-refractivity contribution in [2.24, 2.45) is 11.5 Å². The summed E-state index contributed by atoms with van der Waals surface area (Å²) in [7, 11) is 0. The van der Waals surface area contributed by atoms with Crippen LogP contribution in [0.15, 0.2) is 69.7 Å². The molecule has 0 aliphatic carbocycles. The number of carbonyl (C=O) groups excluding carboxylic acids is 2. The molecule has 0 saturated carbocycles. The highest BCUT2D eigenvalue weighted by atomic mass is 16.4. The molecule has 38 heavy (non-hydrogen) atoms. The number of primary amides is 1. The Morgan fingerprint density at radius 3 is 2.32 bits per heavy atom. The summed E-state index contributed by atoms with van der Waals surface area (Å²) in [4.78, 5) is 27.3. The molecule has 9 heteroatoms. The predicted octanol–water partition coefficient (Wildman–Crippen LogP) is 4.77. The Labute approximate surface area is 221 Å². The molecule has 9 nitrogen and oxygen atoms in total. The smallest absolute Gasteiger partial charge is 0.253 e. The van der Waals surface area contributed by atoms with Crippen molar-refractivity contribution in [1.82, 2.24) is 15.1 Å². The first kappa shape index (κ1) is 26.8. The molecule has 0 aliphatic heterocycles. The number of nitrogens with zero attached hydrogens (tertiary/aromatic N) is 3. The van der Waals surface area contributed by atoms with Crippen molar-refractivity contribution in [2.75, 3.05) is 13.1 Å². The first-order chi connectivity index (χ1) is 18.2. The monoisotopic (exact) mass is 515 g/mol. The SMILES string of the molecule is CCCN(CCC)C(=O)c1cc(-c2nnc(C(C)(N)Cc3ccccc3)o2)cc(-c2occc2C(N)=O)c1. The Hall–Kier alpha value is -4.24. The van der Waals surface area contributed by atoms with E-state index in [4.69, 9.17) is 20.3 Å². The van der Waals surface area contributed by atoms with E-state index >= 15 is 0 Å². The molecule has 198 valence electrons. The summed E-state index contributed by atoms with van der Waals surface area (Å²) in [5.41, 5.74) is 13.9. The molecule has 2 aromatic carbocycles. The molecule has 4 rings (SSSR count). The van der Waals surface area contributed by atoms with Gasteiger partial charge in [0.2, 0.25) is 11.8 Å². The van der Waals surface area contributed by atoms with Crippen LogP contribution in [0.4, 0.5) is 0 Å². The predicted molar refractivity (Wildman–Crippen MR) is 144 cm³/mol. The van der Waals surface area contributed by atoms with Crippen LogP contribution < -0.4 is 11.5 Å². The molecule has 2 amide bonds. The third-order valence-corrected chi connectivity index (χ3v) is 6.22. The van der Waals surface area contributed by atoms with E-state index in [0.29, 0.717) is 36.2 Å². The summed E-state index contributed by atoms with van der Waals surface area (Å²) in [6.45, 7) is 7.13. The highest BCUT2D eigenvalue weighted by Gasteiger charge is 2.29. The summed E-state index contributed by atoms with van der Waals surface area (Å²) < 4.78 is 11.7. The fraction of sp³-hybridized carbons (Fsp3) is 0.310. The highest BCUT2D eigenvalue weighted by Crippen LogP contribution is 2.32. The first-order valence-electron chi connectivity index (χ1n) is 12.7. The molecular formula is C29H33N5O4. The normalized spacial score (nSPS) is 12.7. The largest absolute Gasteiger partial charge is 0.464 e. The van der Waals surface area contributed by atoms with Gasteiger partial charge in [-0.15, -0.1) is 10.2 Å². The minimum atomic E-state index is -0.915. The Kier molecular flexibility index (Phi) is 8.07. The van der Waals surface area contributed by atoms with E-state index in [1.807, 2.05) is 51.1 Å². The number of benzene rings is 2. The van der Waals surface area contributed by atoms with Crippen molar-refractivity contribution in [2.45, 2.75) is 45.6 Å². The fourth-order valence-electron chi connectivity index (χ4n) is 4.44. The van der Waals surface area contributed by atoms with Gasteiger partial charge >= 0.3 is 0 Å². The van der Waals surface area contributed by atoms with Crippen LogP contribution in [0.3, 0.4) is 0 Å². The maximum Gasteiger partial charge on any atom is 0.253 e. The van der Waals surface area contributed by atoms with Crippen LogP contribution in [0.1, 0.15) is 65.8 Å². The molecule has 0 spiro atoms. The van der Waals surface area contributed by atoms with Crippen molar-refractivity contribution in [3.63, 3.8) is 0 Å². The lowest BCUT2D eigenvalue weighted by Gasteiger charge is -2.22. The molecule has 0 aliphatic rings. The average Bonchev–Trinajstić information content (AvgIpc) is 3.59. The van der Waals surface area contributed by atoms with Gasteiger partial charge in [-0.1, -0.05) is 44.2 Å². The second kappa shape index (κ2) is 11.4. The molecule has 0 fully saturated rings. The van der Waals surface area contributed by atoms with Crippen LogP contribution in [0, 0.1) is 0 Å². The topological polar surface area (TPSA) is 141 Å². The molecule has 1 atom stereocenters. The number of hydrogen-bond acceptors (Lipinski definition) is 7. The van der Waals surface area contributed by atoms with E-state index in [0.717, 1.165) is 18.4 Å². The van der Waals surface area contributed by atoms with Gasteiger partial charge in [-0.25, -0.2) is 0 Å². The van der Waals surface area contributed by atoms with Gasteiger partial charge in [0.05, 0.1) is 17.4 Å². The van der Waals surface area contributed by atoms with Crippen LogP contribution in [-0.4, -0.2) is 40.0 Å². The maximum absolute atomic E-state index is 13.5. The van der Waals surface area contributed by atoms with E-state index in [2.05, 4.69) is 10.2 Å². The van der Waals surface area contributed by atoms with Gasteiger partial charge in [0.1, 0.15) is 5.76 Å². The van der Waals surface area contributed by atoms with E-state index in [9.17, 15) is 9.59 Å². The number of nitrogens with two attached hydrogens (primary N) is 2. The minimum absolute atomic E-state index is 0.142. The lowest BCUT2D eigenvalue weighted by atomic mass is 9.94. The summed E-state index contributed by atoms with van der Waals surface area (Å²) in [5, 5.41) is 8.48. The Morgan fingerprint density at radius 2 is 1.66 bits per heavy atom. The molecular weight excluding hydrogens is 482 g/mol. The molecule has 0 radical (unpaired) electrons. The third-order valence-electron chi connectivity index (χ3n) is 6.22. The number of rotatable bonds is 11. The average molecular weight is 516 g/mol. The van der Waals surface area contributed by atoms with E-state index in [-0.39, 0.29) is 29.0 Å². The number of amides is 2. The summed E-state index contributed by atoms with van der Waals surface area (Å²) in [6.07, 6.45) is 3.53. The van der Waals surface area contributed by atoms with Crippen LogP contribution in [0.2, 0.25) is 0 Å². The first-order valence-corrected chi connectivity index (χ1v) is 12.7. The molecule has 2 aromatic heterocycles. The van der Waals surface area contributed by atoms with Crippen LogP contribution in [0.5, 0.6) is 0 Å². The molecule has 2 heterocycles. The van der Waals surface area contributed by atoms with Gasteiger partial charge in [0.15, 0.2) is 0 Å². The summed E-state index contributed by atoms with van der Waals surface area (Å²) in [6, 6.07) is 16.4. The zero-order valence-electron chi connectivity index (χ0n) is 21.9.